The van der Waals surface area contributed by atoms with E-state index in [9.17, 15) is 9.59 Å². The van der Waals surface area contributed by atoms with E-state index in [4.69, 9.17) is 5.11 Å². The second kappa shape index (κ2) is 5.00. The first kappa shape index (κ1) is 12.7. The summed E-state index contributed by atoms with van der Waals surface area (Å²) in [4.78, 5) is 26.1. The molecule has 1 aliphatic carbocycles. The number of aliphatic carboxylic acids is 1. The van der Waals surface area contributed by atoms with Crippen LogP contribution in [0.5, 0.6) is 0 Å². The van der Waals surface area contributed by atoms with E-state index in [2.05, 4.69) is 10.3 Å². The standard InChI is InChI=1S/C15H16N2O3/c18-14(17-12-4-3-11(7-12)15(19)20)10-2-1-9-5-6-16-13(9)8-10/h1-2,5-6,8,11-12,16H,3-4,7H2,(H,17,18)(H,19,20). The highest BCUT2D eigenvalue weighted by molar-refractivity contribution is 5.98. The number of aromatic nitrogens is 1. The predicted molar refractivity (Wildman–Crippen MR) is 74.5 cm³/mol. The van der Waals surface area contributed by atoms with Crippen LogP contribution in [0.4, 0.5) is 0 Å². The van der Waals surface area contributed by atoms with Crippen LogP contribution in [0.2, 0.25) is 0 Å². The number of nitrogens with one attached hydrogen (secondary N) is 2. The molecule has 1 saturated carbocycles. The average molecular weight is 272 g/mol. The number of rotatable bonds is 3. The van der Waals surface area contributed by atoms with E-state index < -0.39 is 5.97 Å². The number of fused-ring (bicyclic) bond motifs is 1. The zero-order chi connectivity index (χ0) is 14.1. The number of carboxylic acids is 1. The smallest absolute Gasteiger partial charge is 0.306 e. The third-order valence-electron chi connectivity index (χ3n) is 3.93. The lowest BCUT2D eigenvalue weighted by Crippen LogP contribution is -2.33. The maximum absolute atomic E-state index is 12.2. The maximum atomic E-state index is 12.2. The Kier molecular flexibility index (Phi) is 3.18. The number of H-pyrrole nitrogens is 1. The molecule has 1 aliphatic rings. The van der Waals surface area contributed by atoms with Crippen molar-refractivity contribution in [1.82, 2.24) is 10.3 Å². The fourth-order valence-corrected chi connectivity index (χ4v) is 2.79. The number of benzene rings is 1. The summed E-state index contributed by atoms with van der Waals surface area (Å²) >= 11 is 0. The predicted octanol–water partition coefficient (Wildman–Crippen LogP) is 2.15. The summed E-state index contributed by atoms with van der Waals surface area (Å²) < 4.78 is 0. The van der Waals surface area contributed by atoms with Crippen molar-refractivity contribution in [2.24, 2.45) is 5.92 Å². The molecule has 1 amide bonds. The summed E-state index contributed by atoms with van der Waals surface area (Å²) in [7, 11) is 0. The van der Waals surface area contributed by atoms with Gasteiger partial charge in [-0.15, -0.1) is 0 Å². The number of hydrogen-bond donors (Lipinski definition) is 3. The molecule has 2 unspecified atom stereocenters. The van der Waals surface area contributed by atoms with Gasteiger partial charge < -0.3 is 15.4 Å². The molecule has 3 N–H and O–H groups in total. The molecule has 104 valence electrons. The number of carbonyl (C=O) groups excluding carboxylic acids is 1. The molecule has 5 nitrogen and oxygen atoms in total. The van der Waals surface area contributed by atoms with Gasteiger partial charge in [-0.3, -0.25) is 9.59 Å². The Labute approximate surface area is 116 Å². The molecule has 1 aromatic heterocycles. The van der Waals surface area contributed by atoms with E-state index >= 15 is 0 Å². The van der Waals surface area contributed by atoms with Gasteiger partial charge in [-0.05, 0) is 42.8 Å². The molecular formula is C15H16N2O3. The molecule has 0 spiro atoms. The molecule has 3 rings (SSSR count). The van der Waals surface area contributed by atoms with Crippen molar-refractivity contribution in [2.75, 3.05) is 0 Å². The second-order valence-electron chi connectivity index (χ2n) is 5.30. The van der Waals surface area contributed by atoms with Crippen molar-refractivity contribution in [3.05, 3.63) is 36.0 Å². The summed E-state index contributed by atoms with van der Waals surface area (Å²) in [5.74, 6) is -1.24. The van der Waals surface area contributed by atoms with Crippen LogP contribution in [-0.4, -0.2) is 28.0 Å². The van der Waals surface area contributed by atoms with E-state index in [1.165, 1.54) is 0 Å². The Morgan fingerprint density at radius 1 is 1.25 bits per heavy atom. The minimum Gasteiger partial charge on any atom is -0.481 e. The summed E-state index contributed by atoms with van der Waals surface area (Å²) in [5.41, 5.74) is 1.52. The second-order valence-corrected chi connectivity index (χ2v) is 5.30. The van der Waals surface area contributed by atoms with Crippen LogP contribution in [0.3, 0.4) is 0 Å². The lowest BCUT2D eigenvalue weighted by Gasteiger charge is -2.12. The molecule has 0 bridgehead atoms. The molecule has 2 aromatic rings. The third kappa shape index (κ3) is 2.39. The van der Waals surface area contributed by atoms with Gasteiger partial charge in [0.2, 0.25) is 0 Å². The van der Waals surface area contributed by atoms with Gasteiger partial charge in [-0.2, -0.15) is 0 Å². The fourth-order valence-electron chi connectivity index (χ4n) is 2.79. The molecule has 0 saturated heterocycles. The number of carbonyl (C=O) groups is 2. The van der Waals surface area contributed by atoms with Gasteiger partial charge in [-0.25, -0.2) is 0 Å². The topological polar surface area (TPSA) is 82.2 Å². The summed E-state index contributed by atoms with van der Waals surface area (Å²) in [6, 6.07) is 7.41. The van der Waals surface area contributed by atoms with Crippen LogP contribution in [0, 0.1) is 5.92 Å². The lowest BCUT2D eigenvalue weighted by atomic mass is 10.1. The van der Waals surface area contributed by atoms with Crippen molar-refractivity contribution < 1.29 is 14.7 Å². The zero-order valence-corrected chi connectivity index (χ0v) is 10.9. The largest absolute Gasteiger partial charge is 0.481 e. The minimum absolute atomic E-state index is 0.0389. The van der Waals surface area contributed by atoms with Crippen LogP contribution in [-0.2, 0) is 4.79 Å². The highest BCUT2D eigenvalue weighted by Crippen LogP contribution is 2.26. The average Bonchev–Trinajstić information content (AvgIpc) is 3.05. The quantitative estimate of drug-likeness (QED) is 0.800. The Balaban J connectivity index is 1.68. The molecular weight excluding hydrogens is 256 g/mol. The van der Waals surface area contributed by atoms with Gasteiger partial charge >= 0.3 is 5.97 Å². The maximum Gasteiger partial charge on any atom is 0.306 e. The van der Waals surface area contributed by atoms with Crippen LogP contribution < -0.4 is 5.32 Å². The Morgan fingerprint density at radius 3 is 2.85 bits per heavy atom. The van der Waals surface area contributed by atoms with Crippen molar-refractivity contribution in [2.45, 2.75) is 25.3 Å². The summed E-state index contributed by atoms with van der Waals surface area (Å²) in [6.45, 7) is 0. The van der Waals surface area contributed by atoms with Gasteiger partial charge in [-0.1, -0.05) is 6.07 Å². The van der Waals surface area contributed by atoms with Crippen molar-refractivity contribution in [3.8, 4) is 0 Å². The monoisotopic (exact) mass is 272 g/mol. The van der Waals surface area contributed by atoms with Crippen LogP contribution in [0.15, 0.2) is 30.5 Å². The third-order valence-corrected chi connectivity index (χ3v) is 3.93. The van der Waals surface area contributed by atoms with Crippen molar-refractivity contribution in [3.63, 3.8) is 0 Å². The van der Waals surface area contributed by atoms with Gasteiger partial charge in [0.15, 0.2) is 0 Å². The van der Waals surface area contributed by atoms with Gasteiger partial charge in [0.1, 0.15) is 0 Å². The van der Waals surface area contributed by atoms with Crippen LogP contribution in [0.1, 0.15) is 29.6 Å². The zero-order valence-electron chi connectivity index (χ0n) is 10.9. The molecule has 0 aliphatic heterocycles. The molecule has 2 atom stereocenters. The van der Waals surface area contributed by atoms with E-state index in [0.29, 0.717) is 18.4 Å². The van der Waals surface area contributed by atoms with Gasteiger partial charge in [0.05, 0.1) is 5.92 Å². The molecule has 1 heterocycles. The molecule has 20 heavy (non-hydrogen) atoms. The highest BCUT2D eigenvalue weighted by Gasteiger charge is 2.30. The minimum atomic E-state index is -0.769. The Hall–Kier alpha value is -2.30. The van der Waals surface area contributed by atoms with Gasteiger partial charge in [0, 0.05) is 23.3 Å². The summed E-state index contributed by atoms with van der Waals surface area (Å²) in [5, 5.41) is 12.9. The number of carboxylic acid groups (broad SMARTS) is 1. The molecule has 1 fully saturated rings. The first-order valence-electron chi connectivity index (χ1n) is 6.74. The Morgan fingerprint density at radius 2 is 2.10 bits per heavy atom. The lowest BCUT2D eigenvalue weighted by molar-refractivity contribution is -0.141. The SMILES string of the molecule is O=C(NC1CCC(C(=O)O)C1)c1ccc2cc[nH]c2c1. The molecule has 5 heteroatoms. The van der Waals surface area contributed by atoms with E-state index in [1.54, 1.807) is 6.07 Å². The normalized spacial score (nSPS) is 22.0. The first-order valence-corrected chi connectivity index (χ1v) is 6.74. The first-order chi connectivity index (χ1) is 9.63. The highest BCUT2D eigenvalue weighted by atomic mass is 16.4. The van der Waals surface area contributed by atoms with E-state index in [1.807, 2.05) is 24.4 Å². The Bertz CT molecular complexity index is 662. The van der Waals surface area contributed by atoms with Crippen LogP contribution in [0.25, 0.3) is 10.9 Å². The van der Waals surface area contributed by atoms with Crippen LogP contribution >= 0.6 is 0 Å². The van der Waals surface area contributed by atoms with Crippen molar-refractivity contribution in [1.29, 1.82) is 0 Å². The van der Waals surface area contributed by atoms with E-state index in [0.717, 1.165) is 17.3 Å². The number of aromatic amines is 1. The van der Waals surface area contributed by atoms with Crippen molar-refractivity contribution >= 4 is 22.8 Å². The molecule has 0 radical (unpaired) electrons. The number of hydrogen-bond acceptors (Lipinski definition) is 2. The molecule has 1 aromatic carbocycles. The van der Waals surface area contributed by atoms with Gasteiger partial charge in [0.25, 0.3) is 5.91 Å². The summed E-state index contributed by atoms with van der Waals surface area (Å²) in [6.07, 6.45) is 3.72. The fraction of sp³-hybridized carbons (Fsp3) is 0.333. The van der Waals surface area contributed by atoms with E-state index in [-0.39, 0.29) is 17.9 Å². The number of amides is 1.